The van der Waals surface area contributed by atoms with Gasteiger partial charge in [0, 0.05) is 37.6 Å². The van der Waals surface area contributed by atoms with E-state index in [9.17, 15) is 13.2 Å². The van der Waals surface area contributed by atoms with Crippen LogP contribution in [0.2, 0.25) is 0 Å². The molecule has 0 radical (unpaired) electrons. The molecule has 0 unspecified atom stereocenters. The van der Waals surface area contributed by atoms with Crippen LogP contribution in [-0.4, -0.2) is 50.6 Å². The summed E-state index contributed by atoms with van der Waals surface area (Å²) in [5.41, 5.74) is 1.97. The van der Waals surface area contributed by atoms with Crippen molar-refractivity contribution in [2.24, 2.45) is 5.92 Å². The van der Waals surface area contributed by atoms with Gasteiger partial charge in [0.25, 0.3) is 0 Å². The standard InChI is InChI=1S/C20H31N3O3S/c1-2-15-27(25,26)23-14-6-7-17(16-23)20(24)21-18-8-10-19(11-9-18)22-12-4-3-5-13-22/h8-11,17H,2-7,12-16H2,1H3,(H,21,24)/t17-/m0/s1. The van der Waals surface area contributed by atoms with Crippen molar-refractivity contribution in [3.63, 3.8) is 0 Å². The summed E-state index contributed by atoms with van der Waals surface area (Å²) in [5, 5.41) is 2.97. The number of nitrogens with zero attached hydrogens (tertiary/aromatic N) is 2. The second-order valence-corrected chi connectivity index (χ2v) is 9.69. The highest BCUT2D eigenvalue weighted by atomic mass is 32.2. The molecule has 7 heteroatoms. The van der Waals surface area contributed by atoms with Crippen molar-refractivity contribution in [1.29, 1.82) is 0 Å². The number of carbonyl (C=O) groups excluding carboxylic acids is 1. The molecule has 0 aliphatic carbocycles. The number of hydrogen-bond donors (Lipinski definition) is 1. The predicted molar refractivity (Wildman–Crippen MR) is 110 cm³/mol. The average molecular weight is 394 g/mol. The summed E-state index contributed by atoms with van der Waals surface area (Å²) in [6.45, 7) is 4.86. The number of benzene rings is 1. The van der Waals surface area contributed by atoms with Gasteiger partial charge in [0.05, 0.1) is 11.7 Å². The molecule has 1 aromatic carbocycles. The fourth-order valence-corrected chi connectivity index (χ4v) is 5.54. The van der Waals surface area contributed by atoms with E-state index in [1.807, 2.05) is 19.1 Å². The van der Waals surface area contributed by atoms with Gasteiger partial charge in [-0.25, -0.2) is 12.7 Å². The summed E-state index contributed by atoms with van der Waals surface area (Å²) in [4.78, 5) is 15.0. The Morgan fingerprint density at radius 2 is 1.78 bits per heavy atom. The summed E-state index contributed by atoms with van der Waals surface area (Å²) in [6.07, 6.45) is 5.83. The number of amides is 1. The molecule has 0 saturated carbocycles. The highest BCUT2D eigenvalue weighted by Gasteiger charge is 2.31. The van der Waals surface area contributed by atoms with E-state index in [2.05, 4.69) is 22.3 Å². The van der Waals surface area contributed by atoms with Crippen LogP contribution in [0, 0.1) is 5.92 Å². The van der Waals surface area contributed by atoms with Gasteiger partial charge < -0.3 is 10.2 Å². The maximum absolute atomic E-state index is 12.6. The lowest BCUT2D eigenvalue weighted by molar-refractivity contribution is -0.120. The predicted octanol–water partition coefficient (Wildman–Crippen LogP) is 3.07. The van der Waals surface area contributed by atoms with E-state index in [1.54, 1.807) is 0 Å². The first kappa shape index (κ1) is 20.1. The highest BCUT2D eigenvalue weighted by Crippen LogP contribution is 2.24. The van der Waals surface area contributed by atoms with Crippen LogP contribution in [0.15, 0.2) is 24.3 Å². The lowest BCUT2D eigenvalue weighted by Gasteiger charge is -2.31. The molecule has 27 heavy (non-hydrogen) atoms. The molecular formula is C20H31N3O3S. The molecule has 2 saturated heterocycles. The highest BCUT2D eigenvalue weighted by molar-refractivity contribution is 7.89. The third-order valence-corrected chi connectivity index (χ3v) is 7.51. The van der Waals surface area contributed by atoms with E-state index in [0.717, 1.165) is 31.6 Å². The minimum atomic E-state index is -3.24. The van der Waals surface area contributed by atoms with Crippen LogP contribution in [0.3, 0.4) is 0 Å². The molecule has 0 bridgehead atoms. The van der Waals surface area contributed by atoms with Crippen LogP contribution in [-0.2, 0) is 14.8 Å². The summed E-state index contributed by atoms with van der Waals surface area (Å²) in [6, 6.07) is 7.99. The Bertz CT molecular complexity index is 727. The summed E-state index contributed by atoms with van der Waals surface area (Å²) < 4.78 is 26.1. The van der Waals surface area contributed by atoms with E-state index in [4.69, 9.17) is 0 Å². The topological polar surface area (TPSA) is 69.7 Å². The Labute approximate surface area is 163 Å². The van der Waals surface area contributed by atoms with Crippen molar-refractivity contribution >= 4 is 27.3 Å². The zero-order valence-electron chi connectivity index (χ0n) is 16.2. The second-order valence-electron chi connectivity index (χ2n) is 7.60. The molecule has 1 N–H and O–H groups in total. The molecule has 1 atom stereocenters. The number of nitrogens with one attached hydrogen (secondary N) is 1. The number of rotatable bonds is 6. The summed E-state index contributed by atoms with van der Waals surface area (Å²) >= 11 is 0. The third kappa shape index (κ3) is 5.23. The normalized spacial score (nSPS) is 21.8. The largest absolute Gasteiger partial charge is 0.372 e. The van der Waals surface area contributed by atoms with Gasteiger partial charge in [-0.05, 0) is 62.8 Å². The van der Waals surface area contributed by atoms with Crippen LogP contribution < -0.4 is 10.2 Å². The second kappa shape index (κ2) is 9.06. The fourth-order valence-electron chi connectivity index (χ4n) is 3.95. The Morgan fingerprint density at radius 1 is 1.07 bits per heavy atom. The quantitative estimate of drug-likeness (QED) is 0.806. The smallest absolute Gasteiger partial charge is 0.228 e. The molecule has 1 amide bonds. The van der Waals surface area contributed by atoms with Gasteiger partial charge in [-0.2, -0.15) is 0 Å². The Balaban J connectivity index is 1.58. The first-order valence-electron chi connectivity index (χ1n) is 10.1. The van der Waals surface area contributed by atoms with Gasteiger partial charge in [-0.1, -0.05) is 6.92 Å². The van der Waals surface area contributed by atoms with Crippen molar-refractivity contribution in [3.8, 4) is 0 Å². The summed E-state index contributed by atoms with van der Waals surface area (Å²) in [7, 11) is -3.24. The Hall–Kier alpha value is -1.60. The van der Waals surface area contributed by atoms with E-state index >= 15 is 0 Å². The number of hydrogen-bond acceptors (Lipinski definition) is 4. The lowest BCUT2D eigenvalue weighted by Crippen LogP contribution is -2.44. The minimum absolute atomic E-state index is 0.0860. The minimum Gasteiger partial charge on any atom is -0.372 e. The van der Waals surface area contributed by atoms with Crippen molar-refractivity contribution in [3.05, 3.63) is 24.3 Å². The van der Waals surface area contributed by atoms with Crippen molar-refractivity contribution in [2.45, 2.75) is 45.4 Å². The SMILES string of the molecule is CCCS(=O)(=O)N1CCC[C@H](C(=O)Nc2ccc(N3CCCCC3)cc2)C1. The zero-order chi connectivity index (χ0) is 19.3. The van der Waals surface area contributed by atoms with Gasteiger partial charge >= 0.3 is 0 Å². The van der Waals surface area contributed by atoms with Gasteiger partial charge in [0.1, 0.15) is 0 Å². The summed E-state index contributed by atoms with van der Waals surface area (Å²) in [5.74, 6) is -0.219. The van der Waals surface area contributed by atoms with Crippen LogP contribution in [0.1, 0.15) is 45.4 Å². The van der Waals surface area contributed by atoms with Crippen molar-refractivity contribution < 1.29 is 13.2 Å². The number of piperidine rings is 2. The first-order chi connectivity index (χ1) is 13.0. The molecular weight excluding hydrogens is 362 g/mol. The fraction of sp³-hybridized carbons (Fsp3) is 0.650. The molecule has 0 aromatic heterocycles. The molecule has 2 aliphatic rings. The molecule has 2 fully saturated rings. The van der Waals surface area contributed by atoms with Crippen LogP contribution >= 0.6 is 0 Å². The van der Waals surface area contributed by atoms with Gasteiger partial charge in [0.2, 0.25) is 15.9 Å². The molecule has 150 valence electrons. The monoisotopic (exact) mass is 393 g/mol. The maximum atomic E-state index is 12.6. The molecule has 3 rings (SSSR count). The molecule has 2 heterocycles. The van der Waals surface area contributed by atoms with Gasteiger partial charge in [0.15, 0.2) is 0 Å². The molecule has 6 nitrogen and oxygen atoms in total. The number of anilines is 2. The third-order valence-electron chi connectivity index (χ3n) is 5.47. The van der Waals surface area contributed by atoms with E-state index in [0.29, 0.717) is 19.5 Å². The van der Waals surface area contributed by atoms with Crippen LogP contribution in [0.25, 0.3) is 0 Å². The van der Waals surface area contributed by atoms with Crippen molar-refractivity contribution in [2.75, 3.05) is 42.1 Å². The maximum Gasteiger partial charge on any atom is 0.228 e. The lowest BCUT2D eigenvalue weighted by atomic mass is 9.98. The number of carbonyl (C=O) groups is 1. The van der Waals surface area contributed by atoms with E-state index in [1.165, 1.54) is 29.3 Å². The Kier molecular flexibility index (Phi) is 6.76. The van der Waals surface area contributed by atoms with Crippen molar-refractivity contribution in [1.82, 2.24) is 4.31 Å². The van der Waals surface area contributed by atoms with E-state index in [-0.39, 0.29) is 17.6 Å². The van der Waals surface area contributed by atoms with Crippen LogP contribution in [0.5, 0.6) is 0 Å². The first-order valence-corrected chi connectivity index (χ1v) is 11.7. The van der Waals surface area contributed by atoms with Gasteiger partial charge in [-0.15, -0.1) is 0 Å². The van der Waals surface area contributed by atoms with Gasteiger partial charge in [-0.3, -0.25) is 4.79 Å². The molecule has 2 aliphatic heterocycles. The van der Waals surface area contributed by atoms with E-state index < -0.39 is 10.0 Å². The average Bonchev–Trinajstić information content (AvgIpc) is 2.69. The van der Waals surface area contributed by atoms with Crippen LogP contribution in [0.4, 0.5) is 11.4 Å². The Morgan fingerprint density at radius 3 is 2.44 bits per heavy atom. The molecule has 0 spiro atoms. The zero-order valence-corrected chi connectivity index (χ0v) is 17.0. The molecule has 1 aromatic rings. The number of sulfonamides is 1.